The molecule has 0 radical (unpaired) electrons. The standard InChI is InChI=1S/C15H24ClN5/c1-4-12-14-15(19(3)18-12)21(13(9-16)17-14)10-11(2)20-7-5-6-8-20/h11H,4-10H2,1-3H3. The molecule has 0 aromatic carbocycles. The number of aryl methyl sites for hydroxylation is 2. The van der Waals surface area contributed by atoms with Crippen molar-refractivity contribution >= 4 is 22.8 Å². The molecule has 0 bridgehead atoms. The number of aromatic nitrogens is 4. The molecule has 0 spiro atoms. The Labute approximate surface area is 130 Å². The average molecular weight is 310 g/mol. The van der Waals surface area contributed by atoms with Gasteiger partial charge in [-0.05, 0) is 39.3 Å². The number of nitrogens with zero attached hydrogens (tertiary/aromatic N) is 5. The topological polar surface area (TPSA) is 38.9 Å². The molecule has 0 amide bonds. The fourth-order valence-electron chi connectivity index (χ4n) is 3.38. The van der Waals surface area contributed by atoms with Crippen molar-refractivity contribution in [2.45, 2.75) is 51.6 Å². The third kappa shape index (κ3) is 2.57. The normalized spacial score (nSPS) is 17.9. The van der Waals surface area contributed by atoms with E-state index in [1.165, 1.54) is 25.9 Å². The van der Waals surface area contributed by atoms with E-state index in [0.29, 0.717) is 11.9 Å². The van der Waals surface area contributed by atoms with Crippen molar-refractivity contribution in [2.75, 3.05) is 13.1 Å². The summed E-state index contributed by atoms with van der Waals surface area (Å²) in [6.45, 7) is 7.77. The van der Waals surface area contributed by atoms with Crippen molar-refractivity contribution in [3.63, 3.8) is 0 Å². The molecule has 5 nitrogen and oxygen atoms in total. The fraction of sp³-hybridized carbons (Fsp3) is 0.733. The number of fused-ring (bicyclic) bond motifs is 1. The number of imidazole rings is 1. The molecular formula is C15H24ClN5. The third-order valence-corrected chi connectivity index (χ3v) is 4.77. The summed E-state index contributed by atoms with van der Waals surface area (Å²) in [5, 5.41) is 4.59. The van der Waals surface area contributed by atoms with E-state index in [1.54, 1.807) is 0 Å². The Balaban J connectivity index is 1.97. The minimum Gasteiger partial charge on any atom is -0.310 e. The Morgan fingerprint density at radius 2 is 2.00 bits per heavy atom. The second kappa shape index (κ2) is 5.97. The summed E-state index contributed by atoms with van der Waals surface area (Å²) in [6.07, 6.45) is 3.53. The molecule has 1 saturated heterocycles. The molecule has 21 heavy (non-hydrogen) atoms. The molecule has 3 heterocycles. The van der Waals surface area contributed by atoms with Gasteiger partial charge in [0.1, 0.15) is 11.3 Å². The van der Waals surface area contributed by atoms with Gasteiger partial charge < -0.3 is 4.57 Å². The number of rotatable bonds is 5. The Kier molecular flexibility index (Phi) is 4.22. The highest BCUT2D eigenvalue weighted by atomic mass is 35.5. The highest BCUT2D eigenvalue weighted by Gasteiger charge is 2.23. The van der Waals surface area contributed by atoms with Crippen LogP contribution >= 0.6 is 11.6 Å². The van der Waals surface area contributed by atoms with Gasteiger partial charge in [-0.3, -0.25) is 9.58 Å². The second-order valence-electron chi connectivity index (χ2n) is 5.96. The molecule has 2 aromatic heterocycles. The molecular weight excluding hydrogens is 286 g/mol. The number of likely N-dealkylation sites (tertiary alicyclic amines) is 1. The molecule has 0 saturated carbocycles. The van der Waals surface area contributed by atoms with Crippen molar-refractivity contribution in [1.29, 1.82) is 0 Å². The lowest BCUT2D eigenvalue weighted by Crippen LogP contribution is -2.34. The Bertz CT molecular complexity index is 624. The van der Waals surface area contributed by atoms with Crippen LogP contribution in [0.2, 0.25) is 0 Å². The molecule has 1 aliphatic rings. The van der Waals surface area contributed by atoms with Crippen LogP contribution in [0.4, 0.5) is 0 Å². The van der Waals surface area contributed by atoms with Gasteiger partial charge in [0.2, 0.25) is 0 Å². The van der Waals surface area contributed by atoms with Gasteiger partial charge in [0.05, 0.1) is 11.6 Å². The summed E-state index contributed by atoms with van der Waals surface area (Å²) in [6, 6.07) is 0.506. The maximum Gasteiger partial charge on any atom is 0.158 e. The zero-order valence-corrected chi connectivity index (χ0v) is 13.9. The van der Waals surface area contributed by atoms with Gasteiger partial charge in [0, 0.05) is 19.6 Å². The van der Waals surface area contributed by atoms with Crippen LogP contribution in [0.25, 0.3) is 11.2 Å². The largest absolute Gasteiger partial charge is 0.310 e. The highest BCUT2D eigenvalue weighted by Crippen LogP contribution is 2.23. The molecule has 116 valence electrons. The number of hydrogen-bond acceptors (Lipinski definition) is 3. The number of hydrogen-bond donors (Lipinski definition) is 0. The smallest absolute Gasteiger partial charge is 0.158 e. The second-order valence-corrected chi connectivity index (χ2v) is 6.23. The first-order valence-electron chi connectivity index (χ1n) is 7.86. The van der Waals surface area contributed by atoms with Crippen molar-refractivity contribution in [2.24, 2.45) is 7.05 Å². The first-order valence-corrected chi connectivity index (χ1v) is 8.40. The predicted octanol–water partition coefficient (Wildman–Crippen LogP) is 2.56. The highest BCUT2D eigenvalue weighted by molar-refractivity contribution is 6.16. The lowest BCUT2D eigenvalue weighted by Gasteiger charge is -2.24. The molecule has 1 aliphatic heterocycles. The summed E-state index contributed by atoms with van der Waals surface area (Å²) in [7, 11) is 2.00. The Morgan fingerprint density at radius 1 is 1.29 bits per heavy atom. The molecule has 1 unspecified atom stereocenters. The SMILES string of the molecule is CCc1nn(C)c2c1nc(CCl)n2CC(C)N1CCCC1. The van der Waals surface area contributed by atoms with Gasteiger partial charge in [-0.1, -0.05) is 6.92 Å². The zero-order valence-electron chi connectivity index (χ0n) is 13.1. The minimum atomic E-state index is 0.449. The average Bonchev–Trinajstić information content (AvgIpc) is 3.17. The lowest BCUT2D eigenvalue weighted by atomic mass is 10.3. The first-order chi connectivity index (χ1) is 10.2. The van der Waals surface area contributed by atoms with Gasteiger partial charge >= 0.3 is 0 Å². The van der Waals surface area contributed by atoms with Crippen LogP contribution in [0.3, 0.4) is 0 Å². The van der Waals surface area contributed by atoms with E-state index in [4.69, 9.17) is 16.6 Å². The van der Waals surface area contributed by atoms with E-state index in [0.717, 1.165) is 35.6 Å². The van der Waals surface area contributed by atoms with Gasteiger partial charge in [-0.15, -0.1) is 11.6 Å². The summed E-state index contributed by atoms with van der Waals surface area (Å²) in [5.41, 5.74) is 3.18. The van der Waals surface area contributed by atoms with Gasteiger partial charge in [-0.25, -0.2) is 4.98 Å². The molecule has 2 aromatic rings. The molecule has 3 rings (SSSR count). The maximum absolute atomic E-state index is 6.12. The van der Waals surface area contributed by atoms with E-state index in [9.17, 15) is 0 Å². The summed E-state index contributed by atoms with van der Waals surface area (Å²) in [5.74, 6) is 1.41. The first kappa shape index (κ1) is 14.9. The summed E-state index contributed by atoms with van der Waals surface area (Å²) < 4.78 is 4.21. The fourth-order valence-corrected chi connectivity index (χ4v) is 3.58. The molecule has 0 aliphatic carbocycles. The monoisotopic (exact) mass is 309 g/mol. The van der Waals surface area contributed by atoms with Crippen LogP contribution in [0.15, 0.2) is 0 Å². The third-order valence-electron chi connectivity index (χ3n) is 4.54. The van der Waals surface area contributed by atoms with Crippen LogP contribution in [-0.4, -0.2) is 43.4 Å². The molecule has 0 N–H and O–H groups in total. The summed E-state index contributed by atoms with van der Waals surface area (Å²) in [4.78, 5) is 7.29. The van der Waals surface area contributed by atoms with Crippen LogP contribution in [-0.2, 0) is 25.9 Å². The van der Waals surface area contributed by atoms with Crippen LogP contribution in [0.1, 0.15) is 38.2 Å². The molecule has 1 atom stereocenters. The van der Waals surface area contributed by atoms with Crippen molar-refractivity contribution in [3.05, 3.63) is 11.5 Å². The lowest BCUT2D eigenvalue weighted by molar-refractivity contribution is 0.235. The van der Waals surface area contributed by atoms with E-state index >= 15 is 0 Å². The van der Waals surface area contributed by atoms with E-state index in [2.05, 4.69) is 28.4 Å². The van der Waals surface area contributed by atoms with Gasteiger partial charge in [0.25, 0.3) is 0 Å². The van der Waals surface area contributed by atoms with E-state index in [-0.39, 0.29) is 0 Å². The number of halogens is 1. The minimum absolute atomic E-state index is 0.449. The van der Waals surface area contributed by atoms with Crippen molar-refractivity contribution in [3.8, 4) is 0 Å². The van der Waals surface area contributed by atoms with Crippen LogP contribution in [0, 0.1) is 0 Å². The van der Waals surface area contributed by atoms with Crippen LogP contribution < -0.4 is 0 Å². The summed E-state index contributed by atoms with van der Waals surface area (Å²) >= 11 is 6.12. The van der Waals surface area contributed by atoms with Gasteiger partial charge in [-0.2, -0.15) is 5.10 Å². The van der Waals surface area contributed by atoms with E-state index in [1.807, 2.05) is 11.7 Å². The Morgan fingerprint density at radius 3 is 2.62 bits per heavy atom. The quantitative estimate of drug-likeness (QED) is 0.797. The van der Waals surface area contributed by atoms with Crippen molar-refractivity contribution < 1.29 is 0 Å². The van der Waals surface area contributed by atoms with E-state index < -0.39 is 0 Å². The molecule has 1 fully saturated rings. The number of alkyl halides is 1. The van der Waals surface area contributed by atoms with Crippen LogP contribution in [0.5, 0.6) is 0 Å². The maximum atomic E-state index is 6.12. The Hall–Kier alpha value is -1.07. The van der Waals surface area contributed by atoms with Crippen molar-refractivity contribution in [1.82, 2.24) is 24.2 Å². The van der Waals surface area contributed by atoms with Gasteiger partial charge in [0.15, 0.2) is 5.65 Å². The zero-order chi connectivity index (χ0) is 15.0. The predicted molar refractivity (Wildman–Crippen MR) is 85.7 cm³/mol. The molecule has 6 heteroatoms.